The van der Waals surface area contributed by atoms with Crippen LogP contribution in [0.5, 0.6) is 0 Å². The molecule has 0 saturated heterocycles. The molecule has 3 rings (SSSR count). The molecule has 2 aromatic rings. The Morgan fingerprint density at radius 3 is 2.50 bits per heavy atom. The number of nitrogens with zero attached hydrogens (tertiary/aromatic N) is 1. The Balaban J connectivity index is 1.70. The molecule has 0 aromatic heterocycles. The van der Waals surface area contributed by atoms with Crippen LogP contribution in [0.2, 0.25) is 0 Å². The van der Waals surface area contributed by atoms with Crippen LogP contribution in [0.15, 0.2) is 54.6 Å². The summed E-state index contributed by atoms with van der Waals surface area (Å²) in [6.07, 6.45) is 3.84. The first-order valence-electron chi connectivity index (χ1n) is 8.84. The Kier molecular flexibility index (Phi) is 5.55. The summed E-state index contributed by atoms with van der Waals surface area (Å²) in [4.78, 5) is 13.1. The quantitative estimate of drug-likeness (QED) is 0.653. The average Bonchev–Trinajstić information content (AvgIpc) is 3.45. The van der Waals surface area contributed by atoms with E-state index in [-0.39, 0.29) is 0 Å². The van der Waals surface area contributed by atoms with Gasteiger partial charge in [-0.3, -0.25) is 4.90 Å². The Hall–Kier alpha value is -2.83. The minimum atomic E-state index is -0.932. The average molecular weight is 345 g/mol. The first-order chi connectivity index (χ1) is 12.5. The Bertz CT molecular complexity index is 880. The van der Waals surface area contributed by atoms with Gasteiger partial charge in [-0.15, -0.1) is 0 Å². The molecule has 26 heavy (non-hydrogen) atoms. The highest BCUT2D eigenvalue weighted by Gasteiger charge is 2.25. The molecule has 0 atom stereocenters. The number of rotatable bonds is 5. The maximum Gasteiger partial charge on any atom is 0.328 e. The number of hydrogen-bond donors (Lipinski definition) is 1. The van der Waals surface area contributed by atoms with Gasteiger partial charge in [0, 0.05) is 29.8 Å². The Labute approximate surface area is 155 Å². The molecule has 0 radical (unpaired) electrons. The fourth-order valence-electron chi connectivity index (χ4n) is 2.91. The van der Waals surface area contributed by atoms with E-state index in [0.29, 0.717) is 0 Å². The van der Waals surface area contributed by atoms with E-state index in [1.807, 2.05) is 30.3 Å². The largest absolute Gasteiger partial charge is 0.478 e. The fourth-order valence-corrected chi connectivity index (χ4v) is 2.91. The summed E-state index contributed by atoms with van der Waals surface area (Å²) in [6.45, 7) is 2.75. The van der Waals surface area contributed by atoms with Crippen molar-refractivity contribution in [2.45, 2.75) is 32.4 Å². The van der Waals surface area contributed by atoms with E-state index >= 15 is 0 Å². The van der Waals surface area contributed by atoms with Crippen molar-refractivity contribution in [3.05, 3.63) is 76.9 Å². The van der Waals surface area contributed by atoms with Crippen LogP contribution in [0.25, 0.3) is 5.57 Å². The van der Waals surface area contributed by atoms with Crippen LogP contribution in [0.4, 0.5) is 0 Å². The Morgan fingerprint density at radius 1 is 1.15 bits per heavy atom. The molecule has 0 bridgehead atoms. The molecule has 1 saturated carbocycles. The lowest BCUT2D eigenvalue weighted by Crippen LogP contribution is -2.19. The van der Waals surface area contributed by atoms with Crippen LogP contribution in [0, 0.1) is 11.8 Å². The van der Waals surface area contributed by atoms with Gasteiger partial charge in [0.1, 0.15) is 0 Å². The second-order valence-electron chi connectivity index (χ2n) is 6.84. The lowest BCUT2D eigenvalue weighted by Gasteiger charge is -2.15. The molecule has 1 aliphatic carbocycles. The maximum atomic E-state index is 10.7. The zero-order valence-electron chi connectivity index (χ0n) is 15.2. The van der Waals surface area contributed by atoms with Crippen molar-refractivity contribution >= 4 is 11.5 Å². The van der Waals surface area contributed by atoms with Gasteiger partial charge in [-0.2, -0.15) is 0 Å². The molecule has 0 unspecified atom stereocenters. The van der Waals surface area contributed by atoms with E-state index in [4.69, 9.17) is 5.11 Å². The highest BCUT2D eigenvalue weighted by Crippen LogP contribution is 2.26. The molecule has 3 heteroatoms. The first kappa shape index (κ1) is 18.0. The molecule has 3 nitrogen and oxygen atoms in total. The zero-order valence-corrected chi connectivity index (χ0v) is 15.2. The third kappa shape index (κ3) is 5.08. The molecular weight excluding hydrogens is 322 g/mol. The van der Waals surface area contributed by atoms with Crippen molar-refractivity contribution in [3.8, 4) is 11.8 Å². The van der Waals surface area contributed by atoms with Crippen molar-refractivity contribution in [2.75, 3.05) is 7.05 Å². The summed E-state index contributed by atoms with van der Waals surface area (Å²) >= 11 is 0. The molecule has 1 fully saturated rings. The molecule has 0 aliphatic heterocycles. The van der Waals surface area contributed by atoms with Gasteiger partial charge in [-0.05, 0) is 67.8 Å². The van der Waals surface area contributed by atoms with E-state index in [1.54, 1.807) is 6.92 Å². The maximum absolute atomic E-state index is 10.7. The van der Waals surface area contributed by atoms with Crippen LogP contribution >= 0.6 is 0 Å². The fraction of sp³-hybridized carbons (Fsp3) is 0.261. The van der Waals surface area contributed by atoms with Crippen LogP contribution in [-0.4, -0.2) is 29.1 Å². The first-order valence-corrected chi connectivity index (χ1v) is 8.84. The zero-order chi connectivity index (χ0) is 18.5. The summed E-state index contributed by atoms with van der Waals surface area (Å²) in [5.41, 5.74) is 4.83. The van der Waals surface area contributed by atoms with Gasteiger partial charge in [0.15, 0.2) is 0 Å². The molecular formula is C23H23NO2. The van der Waals surface area contributed by atoms with Gasteiger partial charge in [0.25, 0.3) is 0 Å². The van der Waals surface area contributed by atoms with Crippen molar-refractivity contribution < 1.29 is 9.90 Å². The van der Waals surface area contributed by atoms with Crippen molar-refractivity contribution in [1.29, 1.82) is 0 Å². The summed E-state index contributed by atoms with van der Waals surface area (Å²) in [7, 11) is 2.18. The number of carbonyl (C=O) groups is 1. The number of carboxylic acid groups (broad SMARTS) is 1. The van der Waals surface area contributed by atoms with Crippen LogP contribution in [0.1, 0.15) is 42.0 Å². The van der Waals surface area contributed by atoms with E-state index in [9.17, 15) is 4.79 Å². The number of allylic oxidation sites excluding steroid dienone is 1. The van der Waals surface area contributed by atoms with Gasteiger partial charge >= 0.3 is 5.97 Å². The normalized spacial score (nSPS) is 14.0. The molecule has 0 spiro atoms. The number of benzene rings is 2. The minimum absolute atomic E-state index is 0.726. The van der Waals surface area contributed by atoms with E-state index < -0.39 is 5.97 Å². The molecule has 2 aromatic carbocycles. The van der Waals surface area contributed by atoms with Crippen molar-refractivity contribution in [1.82, 2.24) is 4.90 Å². The predicted octanol–water partition coefficient (Wildman–Crippen LogP) is 4.17. The van der Waals surface area contributed by atoms with Crippen molar-refractivity contribution in [3.63, 3.8) is 0 Å². The molecule has 132 valence electrons. The monoisotopic (exact) mass is 345 g/mol. The summed E-state index contributed by atoms with van der Waals surface area (Å²) in [6, 6.07) is 16.8. The smallest absolute Gasteiger partial charge is 0.328 e. The summed E-state index contributed by atoms with van der Waals surface area (Å²) in [5.74, 6) is 5.48. The predicted molar refractivity (Wildman–Crippen MR) is 105 cm³/mol. The topological polar surface area (TPSA) is 40.5 Å². The molecule has 0 heterocycles. The van der Waals surface area contributed by atoms with E-state index in [2.05, 4.69) is 42.0 Å². The van der Waals surface area contributed by atoms with Gasteiger partial charge < -0.3 is 5.11 Å². The second-order valence-corrected chi connectivity index (χ2v) is 6.84. The second kappa shape index (κ2) is 8.03. The number of carboxylic acids is 1. The highest BCUT2D eigenvalue weighted by molar-refractivity contribution is 5.89. The summed E-state index contributed by atoms with van der Waals surface area (Å²) < 4.78 is 0. The highest BCUT2D eigenvalue weighted by atomic mass is 16.4. The van der Waals surface area contributed by atoms with Crippen LogP contribution in [0.3, 0.4) is 0 Å². The van der Waals surface area contributed by atoms with Gasteiger partial charge in [0.05, 0.1) is 0 Å². The van der Waals surface area contributed by atoms with E-state index in [0.717, 1.165) is 34.9 Å². The van der Waals surface area contributed by atoms with Gasteiger partial charge in [-0.25, -0.2) is 4.79 Å². The Morgan fingerprint density at radius 2 is 1.85 bits per heavy atom. The minimum Gasteiger partial charge on any atom is -0.478 e. The number of hydrogen-bond acceptors (Lipinski definition) is 2. The van der Waals surface area contributed by atoms with Gasteiger partial charge in [0.2, 0.25) is 0 Å². The third-order valence-electron chi connectivity index (χ3n) is 4.56. The molecule has 1 N–H and O–H groups in total. The third-order valence-corrected chi connectivity index (χ3v) is 4.56. The molecule has 1 aliphatic rings. The summed E-state index contributed by atoms with van der Waals surface area (Å²) in [5, 5.41) is 8.82. The van der Waals surface area contributed by atoms with Gasteiger partial charge in [-0.1, -0.05) is 36.1 Å². The lowest BCUT2D eigenvalue weighted by atomic mass is 10.0. The van der Waals surface area contributed by atoms with Crippen LogP contribution in [-0.2, 0) is 11.3 Å². The van der Waals surface area contributed by atoms with Crippen LogP contribution < -0.4 is 0 Å². The number of aliphatic carboxylic acids is 1. The van der Waals surface area contributed by atoms with Crippen molar-refractivity contribution in [2.24, 2.45) is 0 Å². The molecule has 0 amide bonds. The van der Waals surface area contributed by atoms with E-state index in [1.165, 1.54) is 24.5 Å². The SMILES string of the molecule is C/C(=C/C(=O)O)c1ccc(C#Cc2cccc(CN(C)C3CC3)c2)cc1. The standard InChI is InChI=1S/C23H23NO2/c1-17(14-23(25)26)21-10-8-18(9-11-21)6-7-19-4-3-5-20(15-19)16-24(2)22-12-13-22/h3-5,8-11,14-15,22H,12-13,16H2,1-2H3,(H,25,26)/b17-14-. The lowest BCUT2D eigenvalue weighted by molar-refractivity contribution is -0.131.